The summed E-state index contributed by atoms with van der Waals surface area (Å²) in [7, 11) is 3.08. The van der Waals surface area contributed by atoms with E-state index in [9.17, 15) is 4.79 Å². The quantitative estimate of drug-likeness (QED) is 0.805. The Labute approximate surface area is 136 Å². The molecule has 4 heteroatoms. The van der Waals surface area contributed by atoms with Crippen molar-refractivity contribution in [1.82, 2.24) is 0 Å². The van der Waals surface area contributed by atoms with E-state index in [0.29, 0.717) is 11.6 Å². The van der Waals surface area contributed by atoms with Crippen molar-refractivity contribution in [2.75, 3.05) is 25.7 Å². The van der Waals surface area contributed by atoms with E-state index in [1.54, 1.807) is 7.11 Å². The van der Waals surface area contributed by atoms with Crippen LogP contribution in [0.2, 0.25) is 0 Å². The number of esters is 1. The maximum atomic E-state index is 11.5. The Morgan fingerprint density at radius 3 is 2.35 bits per heavy atom. The van der Waals surface area contributed by atoms with E-state index in [2.05, 4.69) is 17.0 Å². The van der Waals surface area contributed by atoms with Crippen LogP contribution in [-0.4, -0.2) is 26.7 Å². The molecule has 1 aliphatic heterocycles. The summed E-state index contributed by atoms with van der Waals surface area (Å²) in [5.41, 5.74) is 3.02. The molecule has 1 fully saturated rings. The van der Waals surface area contributed by atoms with Gasteiger partial charge in [0.1, 0.15) is 5.75 Å². The van der Waals surface area contributed by atoms with E-state index >= 15 is 0 Å². The summed E-state index contributed by atoms with van der Waals surface area (Å²) in [6, 6.07) is 16.3. The normalized spacial score (nSPS) is 17.1. The first-order valence-corrected chi connectivity index (χ1v) is 7.82. The van der Waals surface area contributed by atoms with Crippen molar-refractivity contribution in [3.8, 4) is 5.75 Å². The van der Waals surface area contributed by atoms with Gasteiger partial charge in [0.25, 0.3) is 0 Å². The zero-order valence-corrected chi connectivity index (χ0v) is 13.5. The fourth-order valence-corrected chi connectivity index (χ4v) is 3.16. The Hall–Kier alpha value is -2.49. The summed E-state index contributed by atoms with van der Waals surface area (Å²) >= 11 is 0. The van der Waals surface area contributed by atoms with Crippen LogP contribution in [0.5, 0.6) is 5.75 Å². The first-order chi connectivity index (χ1) is 11.2. The average molecular weight is 311 g/mol. The second kappa shape index (κ2) is 6.73. The molecule has 120 valence electrons. The molecule has 3 rings (SSSR count). The Kier molecular flexibility index (Phi) is 4.51. The molecule has 1 aliphatic rings. The number of hydrogen-bond acceptors (Lipinski definition) is 4. The van der Waals surface area contributed by atoms with Crippen LogP contribution in [0.1, 0.15) is 34.8 Å². The van der Waals surface area contributed by atoms with Crippen molar-refractivity contribution in [1.29, 1.82) is 0 Å². The Bertz CT molecular complexity index is 664. The molecule has 2 aromatic rings. The summed E-state index contributed by atoms with van der Waals surface area (Å²) < 4.78 is 9.98. The highest BCUT2D eigenvalue weighted by molar-refractivity contribution is 5.89. The van der Waals surface area contributed by atoms with Crippen molar-refractivity contribution < 1.29 is 14.3 Å². The average Bonchev–Trinajstić information content (AvgIpc) is 3.11. The van der Waals surface area contributed by atoms with Gasteiger partial charge in [-0.15, -0.1) is 0 Å². The lowest BCUT2D eigenvalue weighted by Crippen LogP contribution is -2.22. The largest absolute Gasteiger partial charge is 0.497 e. The minimum atomic E-state index is -0.296. The van der Waals surface area contributed by atoms with Gasteiger partial charge >= 0.3 is 5.97 Å². The molecule has 1 saturated heterocycles. The first-order valence-electron chi connectivity index (χ1n) is 7.82. The minimum absolute atomic E-state index is 0.296. The predicted octanol–water partition coefficient (Wildman–Crippen LogP) is 3.82. The molecule has 1 atom stereocenters. The molecule has 23 heavy (non-hydrogen) atoms. The van der Waals surface area contributed by atoms with Crippen LogP contribution in [-0.2, 0) is 4.74 Å². The molecule has 0 amide bonds. The molecule has 0 saturated carbocycles. The zero-order valence-electron chi connectivity index (χ0n) is 13.5. The summed E-state index contributed by atoms with van der Waals surface area (Å²) in [6.45, 7) is 1.04. The van der Waals surface area contributed by atoms with E-state index in [0.717, 1.165) is 25.1 Å². The molecule has 0 bridgehead atoms. The number of carbonyl (C=O) groups excluding carboxylic acids is 1. The van der Waals surface area contributed by atoms with Gasteiger partial charge in [0.15, 0.2) is 0 Å². The number of hydrogen-bond donors (Lipinski definition) is 0. The SMILES string of the molecule is COC(=O)c1ccc(C2CCCN2c2ccc(OC)cc2)cc1. The van der Waals surface area contributed by atoms with Gasteiger partial charge in [0, 0.05) is 12.2 Å². The predicted molar refractivity (Wildman–Crippen MR) is 90.1 cm³/mol. The lowest BCUT2D eigenvalue weighted by molar-refractivity contribution is 0.0600. The third-order valence-electron chi connectivity index (χ3n) is 4.37. The lowest BCUT2D eigenvalue weighted by Gasteiger charge is -2.27. The number of rotatable bonds is 4. The fraction of sp³-hybridized carbons (Fsp3) is 0.316. The van der Waals surface area contributed by atoms with Crippen LogP contribution in [0, 0.1) is 0 Å². The highest BCUT2D eigenvalue weighted by Crippen LogP contribution is 2.36. The van der Waals surface area contributed by atoms with Gasteiger partial charge in [0.2, 0.25) is 0 Å². The van der Waals surface area contributed by atoms with Gasteiger partial charge in [-0.1, -0.05) is 12.1 Å². The highest BCUT2D eigenvalue weighted by atomic mass is 16.5. The van der Waals surface area contributed by atoms with Gasteiger partial charge in [0.05, 0.1) is 25.8 Å². The van der Waals surface area contributed by atoms with Crippen molar-refractivity contribution >= 4 is 11.7 Å². The third kappa shape index (κ3) is 3.16. The molecular formula is C19H21NO3. The summed E-state index contributed by atoms with van der Waals surface area (Å²) in [6.07, 6.45) is 2.28. The first kappa shape index (κ1) is 15.4. The van der Waals surface area contributed by atoms with Crippen LogP contribution < -0.4 is 9.64 Å². The van der Waals surface area contributed by atoms with E-state index in [4.69, 9.17) is 9.47 Å². The van der Waals surface area contributed by atoms with Gasteiger partial charge in [-0.3, -0.25) is 0 Å². The maximum Gasteiger partial charge on any atom is 0.337 e. The Morgan fingerprint density at radius 1 is 1.04 bits per heavy atom. The molecule has 0 spiro atoms. The number of nitrogens with zero attached hydrogens (tertiary/aromatic N) is 1. The molecule has 0 aliphatic carbocycles. The van der Waals surface area contributed by atoms with E-state index in [1.165, 1.54) is 18.4 Å². The van der Waals surface area contributed by atoms with Crippen LogP contribution in [0.3, 0.4) is 0 Å². The molecule has 1 heterocycles. The van der Waals surface area contributed by atoms with Crippen molar-refractivity contribution in [2.45, 2.75) is 18.9 Å². The Morgan fingerprint density at radius 2 is 1.74 bits per heavy atom. The number of anilines is 1. The summed E-state index contributed by atoms with van der Waals surface area (Å²) in [5, 5.41) is 0. The molecule has 0 N–H and O–H groups in total. The maximum absolute atomic E-state index is 11.5. The standard InChI is InChI=1S/C19H21NO3/c1-22-17-11-9-16(10-12-17)20-13-3-4-18(20)14-5-7-15(8-6-14)19(21)23-2/h5-12,18H,3-4,13H2,1-2H3. The zero-order chi connectivity index (χ0) is 16.2. The molecule has 1 unspecified atom stereocenters. The summed E-state index contributed by atoms with van der Waals surface area (Å²) in [5.74, 6) is 0.571. The van der Waals surface area contributed by atoms with Crippen LogP contribution in [0.15, 0.2) is 48.5 Å². The van der Waals surface area contributed by atoms with E-state index < -0.39 is 0 Å². The van der Waals surface area contributed by atoms with E-state index in [1.807, 2.05) is 36.4 Å². The minimum Gasteiger partial charge on any atom is -0.497 e. The van der Waals surface area contributed by atoms with Crippen molar-refractivity contribution in [3.05, 3.63) is 59.7 Å². The molecular weight excluding hydrogens is 290 g/mol. The fourth-order valence-electron chi connectivity index (χ4n) is 3.16. The molecule has 4 nitrogen and oxygen atoms in total. The molecule has 2 aromatic carbocycles. The Balaban J connectivity index is 1.81. The van der Waals surface area contributed by atoms with Crippen LogP contribution in [0.25, 0.3) is 0 Å². The molecule has 0 aromatic heterocycles. The number of methoxy groups -OCH3 is 2. The number of carbonyl (C=O) groups is 1. The van der Waals surface area contributed by atoms with Crippen molar-refractivity contribution in [2.24, 2.45) is 0 Å². The smallest absolute Gasteiger partial charge is 0.337 e. The summed E-state index contributed by atoms with van der Waals surface area (Å²) in [4.78, 5) is 14.0. The second-order valence-electron chi connectivity index (χ2n) is 5.66. The van der Waals surface area contributed by atoms with E-state index in [-0.39, 0.29) is 5.97 Å². The van der Waals surface area contributed by atoms with Gasteiger partial charge < -0.3 is 14.4 Å². The van der Waals surface area contributed by atoms with Crippen LogP contribution in [0.4, 0.5) is 5.69 Å². The number of ether oxygens (including phenoxy) is 2. The van der Waals surface area contributed by atoms with Crippen LogP contribution >= 0.6 is 0 Å². The third-order valence-corrected chi connectivity index (χ3v) is 4.37. The highest BCUT2D eigenvalue weighted by Gasteiger charge is 2.26. The molecule has 0 radical (unpaired) electrons. The monoisotopic (exact) mass is 311 g/mol. The van der Waals surface area contributed by atoms with Crippen molar-refractivity contribution in [3.63, 3.8) is 0 Å². The lowest BCUT2D eigenvalue weighted by atomic mass is 10.0. The van der Waals surface area contributed by atoms with Gasteiger partial charge in [-0.2, -0.15) is 0 Å². The number of benzene rings is 2. The topological polar surface area (TPSA) is 38.8 Å². The van der Waals surface area contributed by atoms with Gasteiger partial charge in [-0.25, -0.2) is 4.79 Å². The second-order valence-corrected chi connectivity index (χ2v) is 5.66. The van der Waals surface area contributed by atoms with Gasteiger partial charge in [-0.05, 0) is 54.8 Å².